The molecule has 0 amide bonds. The van der Waals surface area contributed by atoms with E-state index in [9.17, 15) is 13.2 Å². The average molecular weight is 467 g/mol. The zero-order chi connectivity index (χ0) is 24.1. The number of hydrogen-bond acceptors (Lipinski definition) is 2. The van der Waals surface area contributed by atoms with Gasteiger partial charge in [-0.15, -0.1) is 0 Å². The molecule has 178 valence electrons. The smallest absolute Gasteiger partial charge is 0.201 e. The molecule has 2 unspecified atom stereocenters. The molecule has 0 spiro atoms. The fourth-order valence-corrected chi connectivity index (χ4v) is 4.18. The lowest BCUT2D eigenvalue weighted by atomic mass is 9.94. The first-order valence-corrected chi connectivity index (χ1v) is 11.8. The van der Waals surface area contributed by atoms with E-state index in [0.29, 0.717) is 29.2 Å². The molecule has 0 radical (unpaired) electrons. The van der Waals surface area contributed by atoms with Crippen molar-refractivity contribution in [1.29, 1.82) is 0 Å². The van der Waals surface area contributed by atoms with E-state index in [4.69, 9.17) is 9.47 Å². The molecule has 1 saturated heterocycles. The maximum Gasteiger partial charge on any atom is 0.201 e. The van der Waals surface area contributed by atoms with E-state index in [2.05, 4.69) is 6.92 Å². The van der Waals surface area contributed by atoms with Gasteiger partial charge in [0.1, 0.15) is 12.4 Å². The van der Waals surface area contributed by atoms with E-state index in [1.54, 1.807) is 36.4 Å². The Morgan fingerprint density at radius 3 is 2.24 bits per heavy atom. The Labute approximate surface area is 199 Å². The van der Waals surface area contributed by atoms with Crippen molar-refractivity contribution in [3.8, 4) is 28.0 Å². The van der Waals surface area contributed by atoms with E-state index in [1.807, 2.05) is 19.1 Å². The summed E-state index contributed by atoms with van der Waals surface area (Å²) in [5.74, 6) is -1.92. The van der Waals surface area contributed by atoms with Crippen LogP contribution in [0.15, 0.2) is 66.7 Å². The van der Waals surface area contributed by atoms with Gasteiger partial charge in [-0.05, 0) is 60.1 Å². The average Bonchev–Trinajstić information content (AvgIpc) is 2.85. The highest BCUT2D eigenvalue weighted by molar-refractivity contribution is 5.71. The van der Waals surface area contributed by atoms with Crippen LogP contribution >= 0.6 is 0 Å². The second-order valence-corrected chi connectivity index (χ2v) is 8.75. The number of allylic oxidation sites excluding steroid dienone is 1. The molecule has 3 aromatic carbocycles. The van der Waals surface area contributed by atoms with E-state index in [1.165, 1.54) is 18.2 Å². The highest BCUT2D eigenvalue weighted by Crippen LogP contribution is 2.35. The van der Waals surface area contributed by atoms with Crippen LogP contribution in [0.25, 0.3) is 22.3 Å². The van der Waals surface area contributed by atoms with Crippen LogP contribution in [0.4, 0.5) is 13.2 Å². The van der Waals surface area contributed by atoms with Crippen molar-refractivity contribution in [3.63, 3.8) is 0 Å². The highest BCUT2D eigenvalue weighted by atomic mass is 19.2. The van der Waals surface area contributed by atoms with Gasteiger partial charge in [0.2, 0.25) is 5.82 Å². The third-order valence-corrected chi connectivity index (χ3v) is 6.16. The standard InChI is InChI=1S/C29H29F3O2/c1-3-4-5-16-33-27-15-13-24(28(31)29(27)32)21-9-7-20(8-10-21)23-12-11-22(17-25(23)30)26-14-6-19(2)18-34-26/h4-5,7-13,15,17,19,26H,3,6,14,16,18H2,1-2H3/b5-4+. The summed E-state index contributed by atoms with van der Waals surface area (Å²) >= 11 is 0. The molecule has 4 rings (SSSR count). The molecular weight excluding hydrogens is 437 g/mol. The Morgan fingerprint density at radius 1 is 0.882 bits per heavy atom. The Bertz CT molecular complexity index is 1150. The van der Waals surface area contributed by atoms with Crippen LogP contribution in [0.1, 0.15) is 44.8 Å². The van der Waals surface area contributed by atoms with Gasteiger partial charge in [0.15, 0.2) is 11.6 Å². The van der Waals surface area contributed by atoms with Crippen LogP contribution in [-0.2, 0) is 4.74 Å². The lowest BCUT2D eigenvalue weighted by molar-refractivity contribution is -0.0125. The van der Waals surface area contributed by atoms with Gasteiger partial charge in [-0.1, -0.05) is 62.4 Å². The lowest BCUT2D eigenvalue weighted by Crippen LogP contribution is -2.18. The summed E-state index contributed by atoms with van der Waals surface area (Å²) in [6.45, 7) is 5.00. The Hall–Kier alpha value is -3.05. The maximum absolute atomic E-state index is 14.9. The van der Waals surface area contributed by atoms with E-state index in [-0.39, 0.29) is 29.8 Å². The van der Waals surface area contributed by atoms with Gasteiger partial charge in [-0.3, -0.25) is 0 Å². The minimum atomic E-state index is -1.02. The second-order valence-electron chi connectivity index (χ2n) is 8.75. The molecular formula is C29H29F3O2. The van der Waals surface area contributed by atoms with Crippen molar-refractivity contribution < 1.29 is 22.6 Å². The first-order chi connectivity index (χ1) is 16.5. The molecule has 1 fully saturated rings. The molecule has 0 saturated carbocycles. The van der Waals surface area contributed by atoms with Crippen molar-refractivity contribution in [2.45, 2.75) is 39.2 Å². The SMILES string of the molecule is CC/C=C/COc1ccc(-c2ccc(-c3ccc(C4CCC(C)CO4)cc3F)cc2)c(F)c1F. The largest absolute Gasteiger partial charge is 0.486 e. The molecule has 0 bridgehead atoms. The number of halogens is 3. The van der Waals surface area contributed by atoms with E-state index < -0.39 is 11.6 Å². The molecule has 0 aromatic heterocycles. The van der Waals surface area contributed by atoms with Crippen LogP contribution in [0, 0.1) is 23.4 Å². The Balaban J connectivity index is 1.51. The molecule has 2 nitrogen and oxygen atoms in total. The summed E-state index contributed by atoms with van der Waals surface area (Å²) in [7, 11) is 0. The van der Waals surface area contributed by atoms with Gasteiger partial charge in [-0.25, -0.2) is 8.78 Å². The van der Waals surface area contributed by atoms with Crippen molar-refractivity contribution in [1.82, 2.24) is 0 Å². The second kappa shape index (κ2) is 10.9. The molecule has 0 N–H and O–H groups in total. The zero-order valence-electron chi connectivity index (χ0n) is 19.5. The maximum atomic E-state index is 14.9. The predicted molar refractivity (Wildman–Crippen MR) is 129 cm³/mol. The van der Waals surface area contributed by atoms with E-state index >= 15 is 0 Å². The summed E-state index contributed by atoms with van der Waals surface area (Å²) < 4.78 is 55.3. The first kappa shape index (κ1) is 24.1. The normalized spacial score (nSPS) is 18.4. The molecule has 1 aliphatic rings. The minimum absolute atomic E-state index is 0.0744. The molecule has 34 heavy (non-hydrogen) atoms. The highest BCUT2D eigenvalue weighted by Gasteiger charge is 2.21. The third-order valence-electron chi connectivity index (χ3n) is 6.16. The molecule has 3 aromatic rings. The van der Waals surface area contributed by atoms with Crippen LogP contribution in [0.5, 0.6) is 5.75 Å². The summed E-state index contributed by atoms with van der Waals surface area (Å²) in [5.41, 5.74) is 2.58. The summed E-state index contributed by atoms with van der Waals surface area (Å²) in [6.07, 6.45) is 6.38. The molecule has 5 heteroatoms. The Morgan fingerprint density at radius 2 is 1.59 bits per heavy atom. The number of ether oxygens (including phenoxy) is 2. The minimum Gasteiger partial charge on any atom is -0.486 e. The van der Waals surface area contributed by atoms with E-state index in [0.717, 1.165) is 24.8 Å². The number of hydrogen-bond donors (Lipinski definition) is 0. The van der Waals surface area contributed by atoms with Gasteiger partial charge >= 0.3 is 0 Å². The quantitative estimate of drug-likeness (QED) is 0.326. The summed E-state index contributed by atoms with van der Waals surface area (Å²) in [6, 6.07) is 14.9. The van der Waals surface area contributed by atoms with Crippen LogP contribution in [-0.4, -0.2) is 13.2 Å². The third kappa shape index (κ3) is 5.36. The van der Waals surface area contributed by atoms with Crippen molar-refractivity contribution in [3.05, 3.63) is 89.8 Å². The Kier molecular flexibility index (Phi) is 7.73. The zero-order valence-corrected chi connectivity index (χ0v) is 19.5. The molecule has 0 aliphatic carbocycles. The molecule has 2 atom stereocenters. The molecule has 1 heterocycles. The van der Waals surface area contributed by atoms with Crippen LogP contribution in [0.3, 0.4) is 0 Å². The number of rotatable bonds is 7. The molecule has 1 aliphatic heterocycles. The van der Waals surface area contributed by atoms with Crippen LogP contribution < -0.4 is 4.74 Å². The monoisotopic (exact) mass is 466 g/mol. The van der Waals surface area contributed by atoms with Crippen molar-refractivity contribution in [2.24, 2.45) is 5.92 Å². The predicted octanol–water partition coefficient (Wildman–Crippen LogP) is 8.27. The van der Waals surface area contributed by atoms with Crippen molar-refractivity contribution >= 4 is 0 Å². The van der Waals surface area contributed by atoms with Crippen LogP contribution in [0.2, 0.25) is 0 Å². The summed E-state index contributed by atoms with van der Waals surface area (Å²) in [4.78, 5) is 0. The topological polar surface area (TPSA) is 18.5 Å². The van der Waals surface area contributed by atoms with Gasteiger partial charge in [0.25, 0.3) is 0 Å². The lowest BCUT2D eigenvalue weighted by Gasteiger charge is -2.27. The first-order valence-electron chi connectivity index (χ1n) is 11.8. The fraction of sp³-hybridized carbons (Fsp3) is 0.310. The summed E-state index contributed by atoms with van der Waals surface area (Å²) in [5, 5.41) is 0. The fourth-order valence-electron chi connectivity index (χ4n) is 4.18. The van der Waals surface area contributed by atoms with Crippen molar-refractivity contribution in [2.75, 3.05) is 13.2 Å². The number of benzene rings is 3. The van der Waals surface area contributed by atoms with Gasteiger partial charge in [-0.2, -0.15) is 4.39 Å². The van der Waals surface area contributed by atoms with Gasteiger partial charge in [0.05, 0.1) is 6.10 Å². The van der Waals surface area contributed by atoms with Gasteiger partial charge < -0.3 is 9.47 Å². The van der Waals surface area contributed by atoms with Gasteiger partial charge in [0, 0.05) is 17.7 Å².